The van der Waals surface area contributed by atoms with Gasteiger partial charge < -0.3 is 13.4 Å². The highest BCUT2D eigenvalue weighted by Crippen LogP contribution is 2.22. The third kappa shape index (κ3) is 3.37. The molecular formula is C20H18N2O2S. The van der Waals surface area contributed by atoms with E-state index < -0.39 is 0 Å². The first-order valence-corrected chi connectivity index (χ1v) is 9.09. The first-order chi connectivity index (χ1) is 12.3. The highest BCUT2D eigenvalue weighted by molar-refractivity contribution is 7.07. The lowest BCUT2D eigenvalue weighted by Gasteiger charge is -2.05. The Kier molecular flexibility index (Phi) is 4.39. The highest BCUT2D eigenvalue weighted by atomic mass is 32.1. The monoisotopic (exact) mass is 350 g/mol. The number of aromatic nitrogens is 1. The molecule has 1 aromatic carbocycles. The van der Waals surface area contributed by atoms with Crippen LogP contribution in [0.25, 0.3) is 11.5 Å². The average Bonchev–Trinajstić information content (AvgIpc) is 3.39. The Hall–Kier alpha value is -2.79. The van der Waals surface area contributed by atoms with Crippen LogP contribution in [0.1, 0.15) is 18.2 Å². The average molecular weight is 350 g/mol. The van der Waals surface area contributed by atoms with Crippen LogP contribution in [0, 0.1) is 0 Å². The van der Waals surface area contributed by atoms with Crippen LogP contribution in [0.4, 0.5) is 5.69 Å². The minimum Gasteiger partial charge on any atom is -0.467 e. The van der Waals surface area contributed by atoms with Gasteiger partial charge in [-0.2, -0.15) is 0 Å². The molecule has 3 aromatic heterocycles. The predicted molar refractivity (Wildman–Crippen MR) is 98.9 cm³/mol. The molecular weight excluding hydrogens is 332 g/mol. The topological polar surface area (TPSA) is 43.6 Å². The Morgan fingerprint density at radius 2 is 1.80 bits per heavy atom. The summed E-state index contributed by atoms with van der Waals surface area (Å²) in [6.07, 6.45) is 4.40. The van der Waals surface area contributed by atoms with Gasteiger partial charge in [-0.15, -0.1) is 11.3 Å². The van der Waals surface area contributed by atoms with Crippen LogP contribution in [-0.4, -0.2) is 4.57 Å². The third-order valence-corrected chi connectivity index (χ3v) is 4.90. The maximum absolute atomic E-state index is 5.59. The zero-order valence-electron chi connectivity index (χ0n) is 13.9. The van der Waals surface area contributed by atoms with Gasteiger partial charge >= 0.3 is 0 Å². The van der Waals surface area contributed by atoms with Crippen LogP contribution in [0.15, 0.2) is 80.3 Å². The Morgan fingerprint density at radius 3 is 2.48 bits per heavy atom. The Bertz CT molecular complexity index is 991. The minimum atomic E-state index is 0.610. The second kappa shape index (κ2) is 6.99. The summed E-state index contributed by atoms with van der Waals surface area (Å²) >= 11 is 1.60. The molecule has 4 nitrogen and oxygen atoms in total. The van der Waals surface area contributed by atoms with Crippen molar-refractivity contribution in [3.05, 3.63) is 82.6 Å². The lowest BCUT2D eigenvalue weighted by molar-refractivity contribution is 0.489. The van der Waals surface area contributed by atoms with Crippen molar-refractivity contribution in [1.82, 2.24) is 4.57 Å². The predicted octanol–water partition coefficient (Wildman–Crippen LogP) is 5.25. The second-order valence-electron chi connectivity index (χ2n) is 5.68. The summed E-state index contributed by atoms with van der Waals surface area (Å²) in [7, 11) is 0. The highest BCUT2D eigenvalue weighted by Gasteiger charge is 2.12. The summed E-state index contributed by atoms with van der Waals surface area (Å²) in [5, 5.41) is 2.07. The van der Waals surface area contributed by atoms with E-state index >= 15 is 0 Å². The fourth-order valence-electron chi connectivity index (χ4n) is 2.67. The molecule has 0 fully saturated rings. The van der Waals surface area contributed by atoms with Crippen molar-refractivity contribution in [2.75, 3.05) is 0 Å². The fourth-order valence-corrected chi connectivity index (χ4v) is 3.58. The van der Waals surface area contributed by atoms with E-state index in [4.69, 9.17) is 13.8 Å². The van der Waals surface area contributed by atoms with E-state index in [1.165, 1.54) is 5.56 Å². The molecule has 0 saturated heterocycles. The minimum absolute atomic E-state index is 0.610. The van der Waals surface area contributed by atoms with Gasteiger partial charge in [0.15, 0.2) is 10.6 Å². The van der Waals surface area contributed by atoms with Crippen molar-refractivity contribution in [3.63, 3.8) is 0 Å². The van der Waals surface area contributed by atoms with Crippen LogP contribution in [0.3, 0.4) is 0 Å². The van der Waals surface area contributed by atoms with Crippen LogP contribution in [0.5, 0.6) is 0 Å². The van der Waals surface area contributed by atoms with Crippen molar-refractivity contribution in [3.8, 4) is 11.5 Å². The molecule has 25 heavy (non-hydrogen) atoms. The molecule has 0 N–H and O–H groups in total. The van der Waals surface area contributed by atoms with Crippen LogP contribution in [0.2, 0.25) is 0 Å². The maximum Gasteiger partial charge on any atom is 0.190 e. The van der Waals surface area contributed by atoms with Crippen molar-refractivity contribution >= 4 is 17.0 Å². The third-order valence-electron chi connectivity index (χ3n) is 4.03. The first kappa shape index (κ1) is 15.7. The number of rotatable bonds is 5. The van der Waals surface area contributed by atoms with Crippen molar-refractivity contribution in [2.45, 2.75) is 19.9 Å². The number of benzene rings is 1. The van der Waals surface area contributed by atoms with Gasteiger partial charge in [0.05, 0.1) is 30.5 Å². The fraction of sp³-hybridized carbons (Fsp3) is 0.150. The van der Waals surface area contributed by atoms with Gasteiger partial charge in [0.2, 0.25) is 0 Å². The molecule has 0 aliphatic carbocycles. The van der Waals surface area contributed by atoms with E-state index in [1.54, 1.807) is 23.9 Å². The number of hydrogen-bond donors (Lipinski definition) is 0. The van der Waals surface area contributed by atoms with Gasteiger partial charge in [-0.25, -0.2) is 4.99 Å². The normalized spacial score (nSPS) is 12.0. The summed E-state index contributed by atoms with van der Waals surface area (Å²) in [5.41, 5.74) is 3.25. The van der Waals surface area contributed by atoms with E-state index in [1.807, 2.05) is 24.3 Å². The van der Waals surface area contributed by atoms with E-state index in [-0.39, 0.29) is 0 Å². The second-order valence-corrected chi connectivity index (χ2v) is 6.51. The standard InChI is InChI=1S/C20H18N2O2S/c1-2-15-7-9-16(10-8-15)21-20-22(13-17-5-3-11-23-17)18(14-25-20)19-6-4-12-24-19/h3-12,14H,2,13H2,1H3. The summed E-state index contributed by atoms with van der Waals surface area (Å²) in [6, 6.07) is 16.1. The molecule has 0 bridgehead atoms. The number of furan rings is 2. The van der Waals surface area contributed by atoms with E-state index in [0.29, 0.717) is 6.54 Å². The molecule has 3 heterocycles. The Morgan fingerprint density at radius 1 is 1.00 bits per heavy atom. The van der Waals surface area contributed by atoms with Crippen LogP contribution >= 0.6 is 11.3 Å². The molecule has 0 amide bonds. The van der Waals surface area contributed by atoms with Gasteiger partial charge in [0, 0.05) is 5.38 Å². The molecule has 0 aliphatic heterocycles. The summed E-state index contributed by atoms with van der Waals surface area (Å²) in [5.74, 6) is 1.71. The van der Waals surface area contributed by atoms with Gasteiger partial charge in [-0.05, 0) is 48.4 Å². The molecule has 0 spiro atoms. The molecule has 0 aliphatic rings. The number of thiazole rings is 1. The Labute approximate surface area is 149 Å². The molecule has 5 heteroatoms. The van der Waals surface area contributed by atoms with Gasteiger partial charge in [0.1, 0.15) is 5.76 Å². The van der Waals surface area contributed by atoms with Crippen LogP contribution in [-0.2, 0) is 13.0 Å². The molecule has 0 unspecified atom stereocenters. The van der Waals surface area contributed by atoms with E-state index in [2.05, 4.69) is 41.1 Å². The van der Waals surface area contributed by atoms with Crippen molar-refractivity contribution < 1.29 is 8.83 Å². The molecule has 126 valence electrons. The van der Waals surface area contributed by atoms with Gasteiger partial charge in [0.25, 0.3) is 0 Å². The Balaban J connectivity index is 1.79. The molecule has 4 rings (SSSR count). The van der Waals surface area contributed by atoms with Gasteiger partial charge in [-0.1, -0.05) is 19.1 Å². The quantitative estimate of drug-likeness (QED) is 0.494. The molecule has 0 saturated carbocycles. The van der Waals surface area contributed by atoms with Crippen molar-refractivity contribution in [2.24, 2.45) is 4.99 Å². The molecule has 0 atom stereocenters. The number of aryl methyl sites for hydroxylation is 1. The van der Waals surface area contributed by atoms with Crippen molar-refractivity contribution in [1.29, 1.82) is 0 Å². The SMILES string of the molecule is CCc1ccc(N=c2scc(-c3ccco3)n2Cc2ccco2)cc1. The largest absolute Gasteiger partial charge is 0.467 e. The smallest absolute Gasteiger partial charge is 0.190 e. The van der Waals surface area contributed by atoms with Gasteiger partial charge in [-0.3, -0.25) is 0 Å². The lowest BCUT2D eigenvalue weighted by Crippen LogP contribution is -2.16. The molecule has 0 radical (unpaired) electrons. The number of hydrogen-bond acceptors (Lipinski definition) is 4. The van der Waals surface area contributed by atoms with Crippen LogP contribution < -0.4 is 4.80 Å². The van der Waals surface area contributed by atoms with E-state index in [0.717, 1.165) is 34.1 Å². The summed E-state index contributed by atoms with van der Waals surface area (Å²) in [6.45, 7) is 2.76. The zero-order valence-corrected chi connectivity index (χ0v) is 14.7. The lowest BCUT2D eigenvalue weighted by atomic mass is 10.2. The summed E-state index contributed by atoms with van der Waals surface area (Å²) in [4.78, 5) is 5.74. The van der Waals surface area contributed by atoms with E-state index in [9.17, 15) is 0 Å². The molecule has 4 aromatic rings. The number of nitrogens with zero attached hydrogens (tertiary/aromatic N) is 2. The zero-order chi connectivity index (χ0) is 17.1. The maximum atomic E-state index is 5.59. The first-order valence-electron chi connectivity index (χ1n) is 8.22. The summed E-state index contributed by atoms with van der Waals surface area (Å²) < 4.78 is 13.2.